The van der Waals surface area contributed by atoms with Crippen LogP contribution in [0.1, 0.15) is 5.56 Å². The van der Waals surface area contributed by atoms with Crippen LogP contribution in [-0.2, 0) is 0 Å². The summed E-state index contributed by atoms with van der Waals surface area (Å²) in [5, 5.41) is 20.8. The van der Waals surface area contributed by atoms with E-state index in [-0.39, 0.29) is 0 Å². The molecule has 0 radical (unpaired) electrons. The summed E-state index contributed by atoms with van der Waals surface area (Å²) in [6.45, 7) is 0. The van der Waals surface area contributed by atoms with E-state index in [2.05, 4.69) is 179 Å². The molecule has 10 rings (SSSR count). The topological polar surface area (TPSA) is 61.1 Å². The Morgan fingerprint density at radius 3 is 1.60 bits per heavy atom. The number of fused-ring (bicyclic) bond motifs is 3. The molecule has 4 heteroatoms. The Kier molecular flexibility index (Phi) is 8.62. The molecule has 1 aromatic heterocycles. The third-order valence-corrected chi connectivity index (χ3v) is 10.9. The standard InChI is InChI=1S/C53H36N4/c54-50-33-39(38-23-27-48-49(32-38)53(37-14-5-2-6-15-37)47-20-10-9-19-46(47)52(48)36-12-3-1-4-13-36)24-30-51(50)57-56-41-25-21-35(22-26-41)42-28-29-43(40-16-11-31-55-34-40)45-18-8-7-17-44(42)45/h1-34,54,56H/b54-50?,57-51-. The summed E-state index contributed by atoms with van der Waals surface area (Å²) in [7, 11) is 0. The molecule has 268 valence electrons. The number of hydrazone groups is 1. The van der Waals surface area contributed by atoms with E-state index in [1.54, 1.807) is 6.20 Å². The van der Waals surface area contributed by atoms with Crippen LogP contribution in [0.2, 0.25) is 0 Å². The van der Waals surface area contributed by atoms with Gasteiger partial charge in [-0.2, -0.15) is 5.10 Å². The van der Waals surface area contributed by atoms with Crippen molar-refractivity contribution in [2.75, 3.05) is 5.43 Å². The maximum absolute atomic E-state index is 8.99. The Morgan fingerprint density at radius 2 is 0.982 bits per heavy atom. The number of allylic oxidation sites excluding steroid dienone is 4. The van der Waals surface area contributed by atoms with Crippen LogP contribution in [0.25, 0.3) is 82.4 Å². The molecule has 0 atom stereocenters. The molecule has 0 saturated carbocycles. The molecule has 0 aliphatic heterocycles. The summed E-state index contributed by atoms with van der Waals surface area (Å²) in [5.41, 5.74) is 16.4. The Hall–Kier alpha value is -7.69. The summed E-state index contributed by atoms with van der Waals surface area (Å²) >= 11 is 0. The summed E-state index contributed by atoms with van der Waals surface area (Å²) < 4.78 is 0. The summed E-state index contributed by atoms with van der Waals surface area (Å²) in [4.78, 5) is 4.34. The largest absolute Gasteiger partial charge is 0.299 e. The number of pyridine rings is 1. The lowest BCUT2D eigenvalue weighted by Gasteiger charge is -2.19. The maximum Gasteiger partial charge on any atom is 0.108 e. The van der Waals surface area contributed by atoms with E-state index in [1.165, 1.54) is 65.7 Å². The molecule has 0 unspecified atom stereocenters. The first kappa shape index (κ1) is 33.8. The minimum Gasteiger partial charge on any atom is -0.299 e. The molecule has 1 heterocycles. The number of anilines is 1. The number of nitrogens with zero attached hydrogens (tertiary/aromatic N) is 2. The highest BCUT2D eigenvalue weighted by molar-refractivity contribution is 6.51. The van der Waals surface area contributed by atoms with Crippen molar-refractivity contribution in [3.8, 4) is 44.5 Å². The lowest BCUT2D eigenvalue weighted by atomic mass is 9.84. The average Bonchev–Trinajstić information content (AvgIpc) is 3.28. The minimum absolute atomic E-state index is 0.351. The third-order valence-electron chi connectivity index (χ3n) is 10.9. The average molecular weight is 729 g/mol. The van der Waals surface area contributed by atoms with Crippen molar-refractivity contribution < 1.29 is 0 Å². The van der Waals surface area contributed by atoms with Crippen molar-refractivity contribution in [1.29, 1.82) is 5.41 Å². The van der Waals surface area contributed by atoms with Gasteiger partial charge in [0.25, 0.3) is 0 Å². The van der Waals surface area contributed by atoms with Crippen molar-refractivity contribution in [1.82, 2.24) is 4.98 Å². The normalized spacial score (nSPS) is 13.4. The zero-order valence-electron chi connectivity index (χ0n) is 31.0. The fraction of sp³-hybridized carbons (Fsp3) is 0. The van der Waals surface area contributed by atoms with E-state index in [9.17, 15) is 0 Å². The Bertz CT molecular complexity index is 3070. The van der Waals surface area contributed by atoms with Gasteiger partial charge in [-0.25, -0.2) is 0 Å². The van der Waals surface area contributed by atoms with Gasteiger partial charge in [-0.15, -0.1) is 0 Å². The lowest BCUT2D eigenvalue weighted by molar-refractivity contribution is 1.33. The van der Waals surface area contributed by atoms with Gasteiger partial charge in [-0.1, -0.05) is 158 Å². The van der Waals surface area contributed by atoms with Gasteiger partial charge < -0.3 is 0 Å². The monoisotopic (exact) mass is 728 g/mol. The van der Waals surface area contributed by atoms with Crippen molar-refractivity contribution in [2.45, 2.75) is 0 Å². The number of aromatic nitrogens is 1. The van der Waals surface area contributed by atoms with Gasteiger partial charge in [0.2, 0.25) is 0 Å². The molecule has 0 saturated heterocycles. The zero-order chi connectivity index (χ0) is 38.1. The molecule has 0 bridgehead atoms. The van der Waals surface area contributed by atoms with Gasteiger partial charge in [-0.05, 0) is 119 Å². The fourth-order valence-corrected chi connectivity index (χ4v) is 8.18. The molecule has 0 amide bonds. The first-order valence-corrected chi connectivity index (χ1v) is 19.1. The molecule has 4 nitrogen and oxygen atoms in total. The van der Waals surface area contributed by atoms with Crippen LogP contribution in [0.15, 0.2) is 212 Å². The van der Waals surface area contributed by atoms with E-state index in [0.29, 0.717) is 11.4 Å². The number of benzene rings is 8. The highest BCUT2D eigenvalue weighted by Gasteiger charge is 2.19. The van der Waals surface area contributed by atoms with Gasteiger partial charge in [0.05, 0.1) is 11.4 Å². The molecule has 1 aliphatic rings. The highest BCUT2D eigenvalue weighted by atomic mass is 15.3. The molecule has 8 aromatic carbocycles. The van der Waals surface area contributed by atoms with Crippen molar-refractivity contribution in [3.05, 3.63) is 212 Å². The maximum atomic E-state index is 8.99. The van der Waals surface area contributed by atoms with Gasteiger partial charge in [-0.3, -0.25) is 15.8 Å². The van der Waals surface area contributed by atoms with Gasteiger partial charge in [0.15, 0.2) is 0 Å². The highest BCUT2D eigenvalue weighted by Crippen LogP contribution is 2.44. The fourth-order valence-electron chi connectivity index (χ4n) is 8.18. The number of nitrogens with one attached hydrogen (secondary N) is 2. The molecule has 2 N–H and O–H groups in total. The van der Waals surface area contributed by atoms with Crippen LogP contribution < -0.4 is 5.43 Å². The molecule has 9 aromatic rings. The van der Waals surface area contributed by atoms with Crippen molar-refractivity contribution >= 4 is 55.0 Å². The van der Waals surface area contributed by atoms with E-state index in [1.807, 2.05) is 36.5 Å². The Balaban J connectivity index is 0.948. The molecule has 0 spiro atoms. The summed E-state index contributed by atoms with van der Waals surface area (Å²) in [5.74, 6) is 0. The second-order valence-electron chi connectivity index (χ2n) is 14.3. The van der Waals surface area contributed by atoms with E-state index >= 15 is 0 Å². The minimum atomic E-state index is 0.351. The zero-order valence-corrected chi connectivity index (χ0v) is 31.0. The van der Waals surface area contributed by atoms with Gasteiger partial charge in [0.1, 0.15) is 5.71 Å². The molecular formula is C53H36N4. The summed E-state index contributed by atoms with van der Waals surface area (Å²) in [6.07, 6.45) is 9.61. The van der Waals surface area contributed by atoms with Crippen LogP contribution in [0, 0.1) is 5.41 Å². The number of rotatable bonds is 7. The van der Waals surface area contributed by atoms with Crippen molar-refractivity contribution in [3.63, 3.8) is 0 Å². The van der Waals surface area contributed by atoms with Gasteiger partial charge in [0, 0.05) is 18.0 Å². The van der Waals surface area contributed by atoms with Crippen LogP contribution in [0.4, 0.5) is 5.69 Å². The SMILES string of the molecule is N=C1C=C(c2ccc3c(-c4ccccc4)c4ccccc4c(-c4ccccc4)c3c2)C=C/C1=N/Nc1ccc(-c2ccc(-c3cccnc3)c3ccccc23)cc1. The second kappa shape index (κ2) is 14.5. The smallest absolute Gasteiger partial charge is 0.108 e. The number of hydrogen-bond acceptors (Lipinski definition) is 4. The van der Waals surface area contributed by atoms with E-state index in [0.717, 1.165) is 28.0 Å². The molecule has 57 heavy (non-hydrogen) atoms. The lowest BCUT2D eigenvalue weighted by Crippen LogP contribution is -2.13. The first-order valence-electron chi connectivity index (χ1n) is 19.1. The molecular weight excluding hydrogens is 693 g/mol. The predicted molar refractivity (Wildman–Crippen MR) is 241 cm³/mol. The first-order chi connectivity index (χ1) is 28.2. The van der Waals surface area contributed by atoms with Crippen LogP contribution >= 0.6 is 0 Å². The Labute approximate surface area is 331 Å². The molecule has 0 fully saturated rings. The van der Waals surface area contributed by atoms with Gasteiger partial charge >= 0.3 is 0 Å². The Morgan fingerprint density at radius 1 is 0.439 bits per heavy atom. The van der Waals surface area contributed by atoms with E-state index < -0.39 is 0 Å². The second-order valence-corrected chi connectivity index (χ2v) is 14.3. The summed E-state index contributed by atoms with van der Waals surface area (Å²) in [6, 6.07) is 62.0. The van der Waals surface area contributed by atoms with Crippen LogP contribution in [-0.4, -0.2) is 16.4 Å². The van der Waals surface area contributed by atoms with E-state index in [4.69, 9.17) is 5.41 Å². The molecule has 1 aliphatic carbocycles. The van der Waals surface area contributed by atoms with Crippen molar-refractivity contribution in [2.24, 2.45) is 5.10 Å². The van der Waals surface area contributed by atoms with Crippen LogP contribution in [0.3, 0.4) is 0 Å². The number of hydrogen-bond donors (Lipinski definition) is 2. The quantitative estimate of drug-likeness (QED) is 0.0975. The third kappa shape index (κ3) is 6.29. The predicted octanol–water partition coefficient (Wildman–Crippen LogP) is 13.7. The van der Waals surface area contributed by atoms with Crippen LogP contribution in [0.5, 0.6) is 0 Å².